The summed E-state index contributed by atoms with van der Waals surface area (Å²) in [5.74, 6) is 0.120. The van der Waals surface area contributed by atoms with E-state index >= 15 is 0 Å². The summed E-state index contributed by atoms with van der Waals surface area (Å²) in [7, 11) is 1.61. The van der Waals surface area contributed by atoms with Gasteiger partial charge in [-0.25, -0.2) is 4.98 Å². The summed E-state index contributed by atoms with van der Waals surface area (Å²) < 4.78 is 4.98. The summed E-state index contributed by atoms with van der Waals surface area (Å²) in [6, 6.07) is 0. The van der Waals surface area contributed by atoms with Gasteiger partial charge in [-0.2, -0.15) is 0 Å². The molecule has 1 aromatic rings. The minimum Gasteiger partial charge on any atom is -0.396 e. The smallest absolute Gasteiger partial charge is 0.182 e. The van der Waals surface area contributed by atoms with Crippen LogP contribution in [0.3, 0.4) is 0 Å². The molecule has 0 aliphatic heterocycles. The number of ketones is 1. The number of aromatic nitrogens is 1. The number of fused-ring (bicyclic) bond motifs is 1. The highest BCUT2D eigenvalue weighted by Gasteiger charge is 2.28. The van der Waals surface area contributed by atoms with Crippen LogP contribution in [0.2, 0.25) is 0 Å². The molecule has 1 aromatic heterocycles. The highest BCUT2D eigenvalue weighted by Crippen LogP contribution is 2.29. The summed E-state index contributed by atoms with van der Waals surface area (Å²) >= 11 is 1.51. The summed E-state index contributed by atoms with van der Waals surface area (Å²) in [5, 5.41) is 9.89. The molecule has 4 nitrogen and oxygen atoms in total. The average molecular weight is 227 g/mol. The number of hydrogen-bond donors (Lipinski definition) is 1. The molecule has 1 unspecified atom stereocenters. The van der Waals surface area contributed by atoms with Crippen molar-refractivity contribution in [2.45, 2.75) is 19.4 Å². The molecule has 1 N–H and O–H groups in total. The van der Waals surface area contributed by atoms with Crippen molar-refractivity contribution in [2.75, 3.05) is 13.7 Å². The molecule has 0 aromatic carbocycles. The van der Waals surface area contributed by atoms with Gasteiger partial charge in [-0.1, -0.05) is 0 Å². The van der Waals surface area contributed by atoms with Crippen molar-refractivity contribution in [1.29, 1.82) is 0 Å². The van der Waals surface area contributed by atoms with E-state index in [1.54, 1.807) is 7.11 Å². The number of carbonyl (C=O) groups is 1. The van der Waals surface area contributed by atoms with E-state index in [0.717, 1.165) is 16.3 Å². The molecule has 5 heteroatoms. The van der Waals surface area contributed by atoms with Gasteiger partial charge in [0.2, 0.25) is 0 Å². The van der Waals surface area contributed by atoms with Gasteiger partial charge in [0.15, 0.2) is 5.78 Å². The van der Waals surface area contributed by atoms with Gasteiger partial charge in [0.05, 0.1) is 6.61 Å². The van der Waals surface area contributed by atoms with Crippen LogP contribution in [0.4, 0.5) is 0 Å². The number of Topliss-reactive ketones (excluding diaryl/α,β-unsaturated/α-hetero) is 1. The Morgan fingerprint density at radius 2 is 2.40 bits per heavy atom. The molecule has 1 heterocycles. The van der Waals surface area contributed by atoms with Gasteiger partial charge >= 0.3 is 0 Å². The molecule has 82 valence electrons. The van der Waals surface area contributed by atoms with E-state index in [4.69, 9.17) is 9.84 Å². The predicted octanol–water partition coefficient (Wildman–Crippen LogP) is 1.03. The maximum absolute atomic E-state index is 11.7. The normalized spacial score (nSPS) is 20.4. The van der Waals surface area contributed by atoms with Crippen molar-refractivity contribution in [3.63, 3.8) is 0 Å². The minimum absolute atomic E-state index is 0.0499. The topological polar surface area (TPSA) is 59.4 Å². The molecule has 1 aliphatic carbocycles. The van der Waals surface area contributed by atoms with Crippen molar-refractivity contribution in [3.05, 3.63) is 15.6 Å². The molecule has 0 bridgehead atoms. The lowest BCUT2D eigenvalue weighted by atomic mass is 9.91. The third kappa shape index (κ3) is 2.09. The first-order chi connectivity index (χ1) is 7.24. The molecular formula is C10H13NO3S. The molecule has 0 fully saturated rings. The van der Waals surface area contributed by atoms with Crippen LogP contribution in [0.5, 0.6) is 0 Å². The second-order valence-corrected chi connectivity index (χ2v) is 4.86. The van der Waals surface area contributed by atoms with Crippen molar-refractivity contribution in [1.82, 2.24) is 4.98 Å². The molecule has 2 rings (SSSR count). The van der Waals surface area contributed by atoms with E-state index in [0.29, 0.717) is 18.7 Å². The van der Waals surface area contributed by atoms with Gasteiger partial charge in [0.1, 0.15) is 10.7 Å². The van der Waals surface area contributed by atoms with Crippen LogP contribution < -0.4 is 0 Å². The number of methoxy groups -OCH3 is 1. The van der Waals surface area contributed by atoms with Gasteiger partial charge < -0.3 is 9.84 Å². The summed E-state index contributed by atoms with van der Waals surface area (Å²) in [6.45, 7) is 0.525. The van der Waals surface area contributed by atoms with E-state index in [9.17, 15) is 4.79 Å². The Morgan fingerprint density at radius 3 is 3.07 bits per heavy atom. The number of carbonyl (C=O) groups excluding carboxylic acids is 1. The lowest BCUT2D eigenvalue weighted by Crippen LogP contribution is -2.21. The van der Waals surface area contributed by atoms with Gasteiger partial charge in [0.25, 0.3) is 0 Å². The van der Waals surface area contributed by atoms with Crippen molar-refractivity contribution in [2.24, 2.45) is 5.92 Å². The molecule has 1 aliphatic rings. The Balaban J connectivity index is 2.25. The Morgan fingerprint density at radius 1 is 1.60 bits per heavy atom. The van der Waals surface area contributed by atoms with Crippen LogP contribution in [-0.4, -0.2) is 29.6 Å². The fraction of sp³-hybridized carbons (Fsp3) is 0.600. The van der Waals surface area contributed by atoms with Gasteiger partial charge in [0, 0.05) is 25.0 Å². The number of nitrogens with zero attached hydrogens (tertiary/aromatic N) is 1. The third-order valence-corrected chi connectivity index (χ3v) is 3.53. The Bertz CT molecular complexity index is 375. The first kappa shape index (κ1) is 10.7. The first-order valence-electron chi connectivity index (χ1n) is 4.86. The third-order valence-electron chi connectivity index (χ3n) is 2.48. The zero-order chi connectivity index (χ0) is 10.8. The summed E-state index contributed by atoms with van der Waals surface area (Å²) in [6.07, 6.45) is 1.18. The molecule has 0 amide bonds. The van der Waals surface area contributed by atoms with Crippen LogP contribution in [0, 0.1) is 5.92 Å². The molecule has 0 radical (unpaired) electrons. The van der Waals surface area contributed by atoms with E-state index in [-0.39, 0.29) is 18.3 Å². The maximum Gasteiger partial charge on any atom is 0.182 e. The predicted molar refractivity (Wildman–Crippen MR) is 56.1 cm³/mol. The van der Waals surface area contributed by atoms with Crippen LogP contribution in [0.15, 0.2) is 0 Å². The largest absolute Gasteiger partial charge is 0.396 e. The minimum atomic E-state index is 0.0499. The second-order valence-electron chi connectivity index (χ2n) is 3.69. The molecule has 15 heavy (non-hydrogen) atoms. The number of hydrogen-bond acceptors (Lipinski definition) is 5. The molecular weight excluding hydrogens is 214 g/mol. The van der Waals surface area contributed by atoms with Gasteiger partial charge in [-0.15, -0.1) is 11.3 Å². The zero-order valence-electron chi connectivity index (χ0n) is 8.52. The Kier molecular flexibility index (Phi) is 3.14. The summed E-state index contributed by atoms with van der Waals surface area (Å²) in [5.41, 5.74) is 0.594. The lowest BCUT2D eigenvalue weighted by molar-refractivity contribution is 0.0914. The second kappa shape index (κ2) is 4.38. The maximum atomic E-state index is 11.7. The first-order valence-corrected chi connectivity index (χ1v) is 5.67. The lowest BCUT2D eigenvalue weighted by Gasteiger charge is -2.17. The quantitative estimate of drug-likeness (QED) is 0.837. The standard InChI is InChI=1S/C10H13NO3S/c1-14-5-9-11-10-7(13)2-6(4-12)3-8(10)15-9/h6,12H,2-5H2,1H3. The highest BCUT2D eigenvalue weighted by molar-refractivity contribution is 7.11. The fourth-order valence-corrected chi connectivity index (χ4v) is 2.94. The van der Waals surface area contributed by atoms with Crippen LogP contribution in [0.1, 0.15) is 26.8 Å². The zero-order valence-corrected chi connectivity index (χ0v) is 9.34. The van der Waals surface area contributed by atoms with Gasteiger partial charge in [-0.05, 0) is 12.3 Å². The number of rotatable bonds is 3. The van der Waals surface area contributed by atoms with E-state index in [1.165, 1.54) is 11.3 Å². The highest BCUT2D eigenvalue weighted by atomic mass is 32.1. The van der Waals surface area contributed by atoms with Gasteiger partial charge in [-0.3, -0.25) is 4.79 Å². The number of ether oxygens (including phenoxy) is 1. The monoisotopic (exact) mass is 227 g/mol. The molecule has 0 spiro atoms. The Labute approximate surface area is 91.9 Å². The van der Waals surface area contributed by atoms with Crippen LogP contribution in [-0.2, 0) is 17.8 Å². The SMILES string of the molecule is COCc1nc2c(s1)CC(CO)CC2=O. The molecule has 0 saturated carbocycles. The van der Waals surface area contributed by atoms with Crippen LogP contribution in [0.25, 0.3) is 0 Å². The van der Waals surface area contributed by atoms with Crippen LogP contribution >= 0.6 is 11.3 Å². The van der Waals surface area contributed by atoms with E-state index in [2.05, 4.69) is 4.98 Å². The number of thiazole rings is 1. The van der Waals surface area contributed by atoms with Crippen molar-refractivity contribution >= 4 is 17.1 Å². The molecule has 0 saturated heterocycles. The summed E-state index contributed by atoms with van der Waals surface area (Å²) in [4.78, 5) is 16.9. The number of aliphatic hydroxyl groups is 1. The Hall–Kier alpha value is -0.780. The number of aliphatic hydroxyl groups excluding tert-OH is 1. The molecule has 1 atom stereocenters. The van der Waals surface area contributed by atoms with Crippen molar-refractivity contribution in [3.8, 4) is 0 Å². The van der Waals surface area contributed by atoms with E-state index in [1.807, 2.05) is 0 Å². The van der Waals surface area contributed by atoms with E-state index < -0.39 is 0 Å². The van der Waals surface area contributed by atoms with Crippen molar-refractivity contribution < 1.29 is 14.6 Å². The fourth-order valence-electron chi connectivity index (χ4n) is 1.76. The average Bonchev–Trinajstić information content (AvgIpc) is 2.61.